The molecule has 19 heavy (non-hydrogen) atoms. The summed E-state index contributed by atoms with van der Waals surface area (Å²) in [7, 11) is 0. The zero-order valence-electron chi connectivity index (χ0n) is 10.3. The lowest BCUT2D eigenvalue weighted by Crippen LogP contribution is -2.00. The molecule has 1 N–H and O–H groups in total. The summed E-state index contributed by atoms with van der Waals surface area (Å²) in [6.45, 7) is 2.82. The number of carbonyl (C=O) groups is 1. The van der Waals surface area contributed by atoms with E-state index in [9.17, 15) is 4.79 Å². The van der Waals surface area contributed by atoms with Gasteiger partial charge in [-0.15, -0.1) is 0 Å². The van der Waals surface area contributed by atoms with Crippen LogP contribution in [0.4, 0.5) is 0 Å². The van der Waals surface area contributed by atoms with Crippen LogP contribution in [-0.4, -0.2) is 20.9 Å². The van der Waals surface area contributed by atoms with Gasteiger partial charge >= 0.3 is 5.97 Å². The van der Waals surface area contributed by atoms with Crippen molar-refractivity contribution >= 4 is 17.6 Å². The van der Waals surface area contributed by atoms with Gasteiger partial charge in [-0.2, -0.15) is 5.10 Å². The topological polar surface area (TPSA) is 64.3 Å². The standard InChI is InChI=1S/C13H13ClN2O3/c1-2-6-16-8-9(7-15-16)19-12-10(13(17)18)4-3-5-11(12)14/h3-5,7-8H,2,6H2,1H3,(H,17,18). The van der Waals surface area contributed by atoms with Gasteiger partial charge in [-0.1, -0.05) is 24.6 Å². The van der Waals surface area contributed by atoms with Crippen molar-refractivity contribution < 1.29 is 14.6 Å². The summed E-state index contributed by atoms with van der Waals surface area (Å²) in [6, 6.07) is 4.60. The third kappa shape index (κ3) is 3.06. The van der Waals surface area contributed by atoms with Crippen molar-refractivity contribution in [1.29, 1.82) is 0 Å². The number of benzene rings is 1. The van der Waals surface area contributed by atoms with Gasteiger partial charge in [0.2, 0.25) is 0 Å². The van der Waals surface area contributed by atoms with Crippen molar-refractivity contribution in [2.24, 2.45) is 0 Å². The molecule has 0 spiro atoms. The van der Waals surface area contributed by atoms with Crippen molar-refractivity contribution in [3.05, 3.63) is 41.2 Å². The minimum Gasteiger partial charge on any atom is -0.478 e. The highest BCUT2D eigenvalue weighted by atomic mass is 35.5. The molecule has 0 saturated heterocycles. The number of hydrogen-bond acceptors (Lipinski definition) is 3. The summed E-state index contributed by atoms with van der Waals surface area (Å²) in [6.07, 6.45) is 4.19. The first kappa shape index (κ1) is 13.4. The largest absolute Gasteiger partial charge is 0.478 e. The Morgan fingerprint density at radius 2 is 2.32 bits per heavy atom. The number of carboxylic acids is 1. The van der Waals surface area contributed by atoms with Gasteiger partial charge in [-0.05, 0) is 18.6 Å². The first-order valence-corrected chi connectivity index (χ1v) is 6.21. The number of hydrogen-bond donors (Lipinski definition) is 1. The van der Waals surface area contributed by atoms with E-state index in [1.54, 1.807) is 23.0 Å². The van der Waals surface area contributed by atoms with E-state index < -0.39 is 5.97 Å². The number of carboxylic acid groups (broad SMARTS) is 1. The third-order valence-electron chi connectivity index (χ3n) is 2.48. The quantitative estimate of drug-likeness (QED) is 0.911. The molecule has 0 fully saturated rings. The maximum Gasteiger partial charge on any atom is 0.339 e. The highest BCUT2D eigenvalue weighted by Crippen LogP contribution is 2.32. The molecule has 100 valence electrons. The second-order valence-corrected chi connectivity index (χ2v) is 4.37. The Morgan fingerprint density at radius 1 is 1.53 bits per heavy atom. The van der Waals surface area contributed by atoms with E-state index in [1.165, 1.54) is 12.3 Å². The van der Waals surface area contributed by atoms with Crippen LogP contribution in [0.2, 0.25) is 5.02 Å². The van der Waals surface area contributed by atoms with Crippen LogP contribution in [0.3, 0.4) is 0 Å². The maximum atomic E-state index is 11.1. The molecular weight excluding hydrogens is 268 g/mol. The van der Waals surface area contributed by atoms with E-state index in [-0.39, 0.29) is 16.3 Å². The summed E-state index contributed by atoms with van der Waals surface area (Å²) in [5.74, 6) is -0.491. The molecule has 6 heteroatoms. The Hall–Kier alpha value is -2.01. The molecule has 0 saturated carbocycles. The zero-order chi connectivity index (χ0) is 13.8. The summed E-state index contributed by atoms with van der Waals surface area (Å²) >= 11 is 5.98. The molecule has 0 atom stereocenters. The smallest absolute Gasteiger partial charge is 0.339 e. The second kappa shape index (κ2) is 5.75. The molecule has 0 aliphatic heterocycles. The second-order valence-electron chi connectivity index (χ2n) is 3.96. The Bertz CT molecular complexity index is 595. The summed E-state index contributed by atoms with van der Waals surface area (Å²) in [5, 5.41) is 13.5. The van der Waals surface area contributed by atoms with Crippen LogP contribution >= 0.6 is 11.6 Å². The number of ether oxygens (including phenoxy) is 1. The first-order chi connectivity index (χ1) is 9.11. The van der Waals surface area contributed by atoms with Crippen molar-refractivity contribution in [1.82, 2.24) is 9.78 Å². The molecule has 0 bridgehead atoms. The number of aromatic carboxylic acids is 1. The number of rotatable bonds is 5. The lowest BCUT2D eigenvalue weighted by Gasteiger charge is -2.08. The number of nitrogens with zero attached hydrogens (tertiary/aromatic N) is 2. The zero-order valence-corrected chi connectivity index (χ0v) is 11.1. The van der Waals surface area contributed by atoms with Gasteiger partial charge in [-0.25, -0.2) is 4.79 Å². The minimum absolute atomic E-state index is 0.0238. The van der Waals surface area contributed by atoms with Crippen LogP contribution < -0.4 is 4.74 Å². The fourth-order valence-electron chi connectivity index (χ4n) is 1.65. The van der Waals surface area contributed by atoms with Crippen LogP contribution in [0.5, 0.6) is 11.5 Å². The van der Waals surface area contributed by atoms with Gasteiger partial charge < -0.3 is 9.84 Å². The molecule has 0 unspecified atom stereocenters. The molecule has 1 aromatic heterocycles. The van der Waals surface area contributed by atoms with Crippen molar-refractivity contribution in [3.8, 4) is 11.5 Å². The maximum absolute atomic E-state index is 11.1. The van der Waals surface area contributed by atoms with Gasteiger partial charge in [0.05, 0.1) is 17.4 Å². The van der Waals surface area contributed by atoms with Crippen LogP contribution in [-0.2, 0) is 6.54 Å². The van der Waals surface area contributed by atoms with Crippen LogP contribution in [0.15, 0.2) is 30.6 Å². The van der Waals surface area contributed by atoms with E-state index in [2.05, 4.69) is 5.10 Å². The molecule has 0 aliphatic carbocycles. The van der Waals surface area contributed by atoms with Crippen LogP contribution in [0.1, 0.15) is 23.7 Å². The molecule has 1 aromatic carbocycles. The Kier molecular flexibility index (Phi) is 4.06. The summed E-state index contributed by atoms with van der Waals surface area (Å²) in [4.78, 5) is 11.1. The molecule has 2 rings (SSSR count). The number of aryl methyl sites for hydroxylation is 1. The highest BCUT2D eigenvalue weighted by Gasteiger charge is 2.15. The van der Waals surface area contributed by atoms with E-state index >= 15 is 0 Å². The molecular formula is C13H13ClN2O3. The minimum atomic E-state index is -1.08. The predicted octanol–water partition coefficient (Wildman–Crippen LogP) is 3.44. The van der Waals surface area contributed by atoms with E-state index in [0.29, 0.717) is 5.75 Å². The molecule has 2 aromatic rings. The number of para-hydroxylation sites is 1. The Labute approximate surface area is 115 Å². The fraction of sp³-hybridized carbons (Fsp3) is 0.231. The van der Waals surface area contributed by atoms with E-state index in [0.717, 1.165) is 13.0 Å². The van der Waals surface area contributed by atoms with Gasteiger partial charge in [0.1, 0.15) is 5.56 Å². The lowest BCUT2D eigenvalue weighted by atomic mass is 10.2. The highest BCUT2D eigenvalue weighted by molar-refractivity contribution is 6.32. The SMILES string of the molecule is CCCn1cc(Oc2c(Cl)cccc2C(=O)O)cn1. The summed E-state index contributed by atoms with van der Waals surface area (Å²) in [5.41, 5.74) is 0.0238. The van der Waals surface area contributed by atoms with E-state index in [4.69, 9.17) is 21.4 Å². The third-order valence-corrected chi connectivity index (χ3v) is 2.78. The molecule has 0 radical (unpaired) electrons. The number of halogens is 1. The average Bonchev–Trinajstić information content (AvgIpc) is 2.79. The number of aromatic nitrogens is 2. The van der Waals surface area contributed by atoms with Gasteiger partial charge in [-0.3, -0.25) is 4.68 Å². The van der Waals surface area contributed by atoms with Gasteiger partial charge in [0.15, 0.2) is 11.5 Å². The normalized spacial score (nSPS) is 10.4. The molecule has 0 amide bonds. The van der Waals surface area contributed by atoms with Gasteiger partial charge in [0, 0.05) is 6.54 Å². The van der Waals surface area contributed by atoms with Crippen LogP contribution in [0, 0.1) is 0 Å². The molecule has 5 nitrogen and oxygen atoms in total. The lowest BCUT2D eigenvalue weighted by molar-refractivity contribution is 0.0694. The summed E-state index contributed by atoms with van der Waals surface area (Å²) < 4.78 is 7.26. The Balaban J connectivity index is 2.29. The molecule has 1 heterocycles. The monoisotopic (exact) mass is 280 g/mol. The van der Waals surface area contributed by atoms with Crippen molar-refractivity contribution in [3.63, 3.8) is 0 Å². The van der Waals surface area contributed by atoms with E-state index in [1.807, 2.05) is 6.92 Å². The molecule has 0 aliphatic rings. The predicted molar refractivity (Wildman–Crippen MR) is 71.0 cm³/mol. The van der Waals surface area contributed by atoms with Crippen molar-refractivity contribution in [2.75, 3.05) is 0 Å². The van der Waals surface area contributed by atoms with Crippen LogP contribution in [0.25, 0.3) is 0 Å². The Morgan fingerprint density at radius 3 is 3.00 bits per heavy atom. The average molecular weight is 281 g/mol. The fourth-order valence-corrected chi connectivity index (χ4v) is 1.86. The van der Waals surface area contributed by atoms with Gasteiger partial charge in [0.25, 0.3) is 0 Å². The first-order valence-electron chi connectivity index (χ1n) is 5.84. The van der Waals surface area contributed by atoms with Crippen molar-refractivity contribution in [2.45, 2.75) is 19.9 Å².